The van der Waals surface area contributed by atoms with Gasteiger partial charge >= 0.3 is 0 Å². The minimum atomic E-state index is -0.433. The Morgan fingerprint density at radius 3 is 3.00 bits per heavy atom. The molecule has 3 heterocycles. The van der Waals surface area contributed by atoms with Gasteiger partial charge in [0.25, 0.3) is 0 Å². The molecule has 0 saturated carbocycles. The van der Waals surface area contributed by atoms with E-state index >= 15 is 0 Å². The van der Waals surface area contributed by atoms with Gasteiger partial charge in [0, 0.05) is 43.1 Å². The number of aliphatic hydroxyl groups excluding tert-OH is 1. The van der Waals surface area contributed by atoms with Gasteiger partial charge in [-0.25, -0.2) is 0 Å². The van der Waals surface area contributed by atoms with Crippen LogP contribution in [0.15, 0.2) is 12.1 Å². The summed E-state index contributed by atoms with van der Waals surface area (Å²) in [5.41, 5.74) is 3.98. The first kappa shape index (κ1) is 19.9. The summed E-state index contributed by atoms with van der Waals surface area (Å²) < 4.78 is 5.94. The molecule has 3 unspecified atom stereocenters. The number of nitrogens with one attached hydrogen (secondary N) is 5. The molecule has 0 bridgehead atoms. The Morgan fingerprint density at radius 1 is 1.32 bits per heavy atom. The SMILES string of the molecule is CNC1CC(C)NC(Nc2cc3c(c(C4=CCNC[C@@H](O)C4)c2Cl)OCC3)N1. The predicted molar refractivity (Wildman–Crippen MR) is 113 cm³/mol. The van der Waals surface area contributed by atoms with Gasteiger partial charge in [0.1, 0.15) is 12.0 Å². The zero-order valence-electron chi connectivity index (χ0n) is 16.4. The molecule has 1 aromatic rings. The fourth-order valence-electron chi connectivity index (χ4n) is 4.23. The molecule has 3 aliphatic rings. The van der Waals surface area contributed by atoms with Crippen LogP contribution in [0, 0.1) is 0 Å². The smallest absolute Gasteiger partial charge is 0.133 e. The van der Waals surface area contributed by atoms with Gasteiger partial charge in [-0.1, -0.05) is 17.7 Å². The predicted octanol–water partition coefficient (Wildman–Crippen LogP) is 1.22. The van der Waals surface area contributed by atoms with Crippen LogP contribution in [-0.4, -0.2) is 56.5 Å². The number of β-amino-alcohol motifs (C(OH)–C–C–N with tert-alkyl or cyclic N) is 1. The first-order valence-corrected chi connectivity index (χ1v) is 10.4. The molecule has 7 nitrogen and oxygen atoms in total. The van der Waals surface area contributed by atoms with Crippen molar-refractivity contribution in [2.45, 2.75) is 50.8 Å². The van der Waals surface area contributed by atoms with E-state index in [1.165, 1.54) is 0 Å². The van der Waals surface area contributed by atoms with Crippen LogP contribution in [0.2, 0.25) is 5.02 Å². The van der Waals surface area contributed by atoms with Gasteiger partial charge in [0.05, 0.1) is 29.6 Å². The highest BCUT2D eigenvalue weighted by Gasteiger charge is 2.29. The van der Waals surface area contributed by atoms with Crippen molar-refractivity contribution in [2.24, 2.45) is 0 Å². The lowest BCUT2D eigenvalue weighted by atomic mass is 9.95. The quantitative estimate of drug-likeness (QED) is 0.447. The van der Waals surface area contributed by atoms with E-state index in [-0.39, 0.29) is 12.5 Å². The highest BCUT2D eigenvalue weighted by molar-refractivity contribution is 6.35. The number of aliphatic hydroxyl groups is 1. The monoisotopic (exact) mass is 407 g/mol. The highest BCUT2D eigenvalue weighted by atomic mass is 35.5. The Kier molecular flexibility index (Phi) is 6.10. The standard InChI is InChI=1S/C20H30ClN5O2/c1-11-7-16(22-2)26-20(24-11)25-15-9-13-4-6-28-19(13)17(18(15)21)12-3-5-23-10-14(27)8-12/h3,9,11,14,16,20,22-27H,4-8,10H2,1-2H3/t11?,14-,16?,20?/m0/s1. The van der Waals surface area contributed by atoms with Gasteiger partial charge in [0.2, 0.25) is 0 Å². The second-order valence-corrected chi connectivity index (χ2v) is 8.21. The summed E-state index contributed by atoms with van der Waals surface area (Å²) in [4.78, 5) is 0. The van der Waals surface area contributed by atoms with Crippen LogP contribution in [0.1, 0.15) is 30.9 Å². The molecule has 0 radical (unpaired) electrons. The average molecular weight is 408 g/mol. The van der Waals surface area contributed by atoms with Gasteiger partial charge in [-0.05, 0) is 32.0 Å². The molecule has 0 aliphatic carbocycles. The van der Waals surface area contributed by atoms with E-state index < -0.39 is 6.10 Å². The van der Waals surface area contributed by atoms with E-state index in [1.54, 1.807) is 0 Å². The number of anilines is 1. The lowest BCUT2D eigenvalue weighted by Gasteiger charge is -2.37. The first-order valence-electron chi connectivity index (χ1n) is 10.1. The van der Waals surface area contributed by atoms with Gasteiger partial charge in [-0.2, -0.15) is 0 Å². The second-order valence-electron chi connectivity index (χ2n) is 7.83. The van der Waals surface area contributed by atoms with E-state index in [0.29, 0.717) is 37.2 Å². The van der Waals surface area contributed by atoms with E-state index in [1.807, 2.05) is 7.05 Å². The molecule has 4 rings (SSSR count). The molecule has 154 valence electrons. The molecular weight excluding hydrogens is 378 g/mol. The van der Waals surface area contributed by atoms with Gasteiger partial charge in [-0.15, -0.1) is 0 Å². The number of halogens is 1. The van der Waals surface area contributed by atoms with Crippen molar-refractivity contribution in [2.75, 3.05) is 32.1 Å². The largest absolute Gasteiger partial charge is 0.492 e. The zero-order valence-corrected chi connectivity index (χ0v) is 17.2. The minimum Gasteiger partial charge on any atom is -0.492 e. The molecule has 3 aliphatic heterocycles. The van der Waals surface area contributed by atoms with E-state index in [9.17, 15) is 5.11 Å². The topological polar surface area (TPSA) is 89.6 Å². The Morgan fingerprint density at radius 2 is 2.18 bits per heavy atom. The molecule has 1 fully saturated rings. The molecule has 4 atom stereocenters. The highest BCUT2D eigenvalue weighted by Crippen LogP contribution is 2.44. The third-order valence-corrected chi connectivity index (χ3v) is 6.01. The van der Waals surface area contributed by atoms with Crippen molar-refractivity contribution in [3.8, 4) is 5.75 Å². The van der Waals surface area contributed by atoms with E-state index in [0.717, 1.165) is 41.0 Å². The average Bonchev–Trinajstić information content (AvgIpc) is 3.01. The third kappa shape index (κ3) is 4.15. The summed E-state index contributed by atoms with van der Waals surface area (Å²) >= 11 is 6.90. The van der Waals surface area contributed by atoms with E-state index in [4.69, 9.17) is 16.3 Å². The van der Waals surface area contributed by atoms with Crippen LogP contribution < -0.4 is 31.3 Å². The normalized spacial score (nSPS) is 30.2. The summed E-state index contributed by atoms with van der Waals surface area (Å²) in [6, 6.07) is 2.47. The summed E-state index contributed by atoms with van der Waals surface area (Å²) in [5.74, 6) is 0.863. The van der Waals surface area contributed by atoms with Crippen LogP contribution in [0.3, 0.4) is 0 Å². The summed E-state index contributed by atoms with van der Waals surface area (Å²) in [6.45, 7) is 4.13. The Labute approximate surface area is 171 Å². The van der Waals surface area contributed by atoms with Crippen molar-refractivity contribution in [1.82, 2.24) is 21.3 Å². The summed E-state index contributed by atoms with van der Waals surface area (Å²) in [6.07, 6.45) is 4.24. The van der Waals surface area contributed by atoms with E-state index in [2.05, 4.69) is 45.7 Å². The number of rotatable bonds is 4. The van der Waals surface area contributed by atoms with Crippen LogP contribution >= 0.6 is 11.6 Å². The lowest BCUT2D eigenvalue weighted by molar-refractivity contribution is 0.180. The van der Waals surface area contributed by atoms with Crippen molar-refractivity contribution in [1.29, 1.82) is 0 Å². The van der Waals surface area contributed by atoms with Crippen molar-refractivity contribution < 1.29 is 9.84 Å². The minimum absolute atomic E-state index is 0.0951. The molecule has 0 aromatic heterocycles. The second kappa shape index (κ2) is 8.57. The van der Waals surface area contributed by atoms with Gasteiger partial charge < -0.3 is 25.8 Å². The molecule has 0 spiro atoms. The van der Waals surface area contributed by atoms with Crippen molar-refractivity contribution in [3.63, 3.8) is 0 Å². The fourth-order valence-corrected chi connectivity index (χ4v) is 4.54. The molecular formula is C20H30ClN5O2. The van der Waals surface area contributed by atoms with Gasteiger partial charge in [-0.3, -0.25) is 10.6 Å². The molecule has 1 aromatic carbocycles. The van der Waals surface area contributed by atoms with Crippen LogP contribution in [0.25, 0.3) is 5.57 Å². The number of benzene rings is 1. The van der Waals surface area contributed by atoms with Crippen LogP contribution in [-0.2, 0) is 6.42 Å². The van der Waals surface area contributed by atoms with Crippen LogP contribution in [0.5, 0.6) is 5.75 Å². The maximum absolute atomic E-state index is 10.2. The fraction of sp³-hybridized carbons (Fsp3) is 0.600. The third-order valence-electron chi connectivity index (χ3n) is 5.62. The van der Waals surface area contributed by atoms with Gasteiger partial charge in [0.15, 0.2) is 0 Å². The number of ether oxygens (including phenoxy) is 1. The van der Waals surface area contributed by atoms with Crippen molar-refractivity contribution in [3.05, 3.63) is 28.3 Å². The number of hydrogen-bond donors (Lipinski definition) is 6. The lowest BCUT2D eigenvalue weighted by Crippen LogP contribution is -2.63. The Bertz CT molecular complexity index is 757. The maximum Gasteiger partial charge on any atom is 0.133 e. The Balaban J connectivity index is 1.66. The molecule has 0 amide bonds. The molecule has 6 N–H and O–H groups in total. The van der Waals surface area contributed by atoms with Crippen molar-refractivity contribution >= 4 is 22.9 Å². The summed E-state index contributed by atoms with van der Waals surface area (Å²) in [5, 5.41) is 28.0. The first-order chi connectivity index (χ1) is 13.5. The molecule has 8 heteroatoms. The maximum atomic E-state index is 10.2. The number of fused-ring (bicyclic) bond motifs is 1. The summed E-state index contributed by atoms with van der Waals surface area (Å²) in [7, 11) is 1.96. The zero-order chi connectivity index (χ0) is 19.7. The van der Waals surface area contributed by atoms with Crippen LogP contribution in [0.4, 0.5) is 5.69 Å². The Hall–Kier alpha value is -1.35. The number of hydrogen-bond acceptors (Lipinski definition) is 7. The molecule has 28 heavy (non-hydrogen) atoms. The molecule has 1 saturated heterocycles.